The van der Waals surface area contributed by atoms with Crippen LogP contribution in [0.15, 0.2) is 35.8 Å². The minimum atomic E-state index is 0.412. The number of thiophene rings is 1. The van der Waals surface area contributed by atoms with E-state index in [0.717, 1.165) is 18.5 Å². The molecule has 4 heteroatoms. The normalized spacial score (nSPS) is 12.3. The summed E-state index contributed by atoms with van der Waals surface area (Å²) in [5.74, 6) is 0.705. The fourth-order valence-electron chi connectivity index (χ4n) is 2.10. The van der Waals surface area contributed by atoms with Gasteiger partial charge in [-0.2, -0.15) is 0 Å². The lowest BCUT2D eigenvalue weighted by molar-refractivity contribution is 0.387. The lowest BCUT2D eigenvalue weighted by atomic mass is 10.1. The molecule has 2 aromatic rings. The van der Waals surface area contributed by atoms with Crippen molar-refractivity contribution in [2.45, 2.75) is 32.4 Å². The zero-order valence-corrected chi connectivity index (χ0v) is 12.2. The number of hydrogen-bond donors (Lipinski definition) is 1. The van der Waals surface area contributed by atoms with Crippen molar-refractivity contribution in [3.8, 4) is 5.88 Å². The predicted molar refractivity (Wildman–Crippen MR) is 79.6 cm³/mol. The molecule has 0 saturated heterocycles. The maximum Gasteiger partial charge on any atom is 0.217 e. The Hall–Kier alpha value is -1.39. The fourth-order valence-corrected chi connectivity index (χ4v) is 2.94. The van der Waals surface area contributed by atoms with Crippen LogP contribution in [0, 0.1) is 0 Å². The zero-order valence-electron chi connectivity index (χ0n) is 11.4. The summed E-state index contributed by atoms with van der Waals surface area (Å²) in [4.78, 5) is 5.62. The Labute approximate surface area is 118 Å². The third-order valence-corrected chi connectivity index (χ3v) is 4.03. The first-order valence-electron chi connectivity index (χ1n) is 6.59. The number of nitrogens with one attached hydrogen (secondary N) is 1. The van der Waals surface area contributed by atoms with Crippen molar-refractivity contribution in [2.75, 3.05) is 7.11 Å². The summed E-state index contributed by atoms with van der Waals surface area (Å²) in [5.41, 5.74) is 1.10. The Morgan fingerprint density at radius 2 is 2.26 bits per heavy atom. The largest absolute Gasteiger partial charge is 0.481 e. The van der Waals surface area contributed by atoms with Gasteiger partial charge in [0.25, 0.3) is 0 Å². The van der Waals surface area contributed by atoms with Crippen molar-refractivity contribution in [1.29, 1.82) is 0 Å². The summed E-state index contributed by atoms with van der Waals surface area (Å²) < 4.78 is 5.28. The van der Waals surface area contributed by atoms with E-state index in [1.54, 1.807) is 24.6 Å². The highest BCUT2D eigenvalue weighted by atomic mass is 32.1. The van der Waals surface area contributed by atoms with Crippen LogP contribution in [0.4, 0.5) is 0 Å². The molecule has 0 aromatic carbocycles. The molecule has 0 aliphatic rings. The van der Waals surface area contributed by atoms with Crippen LogP contribution in [-0.4, -0.2) is 12.1 Å². The van der Waals surface area contributed by atoms with E-state index < -0.39 is 0 Å². The van der Waals surface area contributed by atoms with Crippen LogP contribution >= 0.6 is 11.3 Å². The lowest BCUT2D eigenvalue weighted by Crippen LogP contribution is -2.20. The highest BCUT2D eigenvalue weighted by Crippen LogP contribution is 2.24. The average molecular weight is 276 g/mol. The summed E-state index contributed by atoms with van der Waals surface area (Å²) in [6, 6.07) is 8.71. The van der Waals surface area contributed by atoms with Crippen molar-refractivity contribution < 1.29 is 4.74 Å². The summed E-state index contributed by atoms with van der Waals surface area (Å²) >= 11 is 1.81. The van der Waals surface area contributed by atoms with Crippen molar-refractivity contribution >= 4 is 11.3 Å². The fraction of sp³-hybridized carbons (Fsp3) is 0.400. The Morgan fingerprint density at radius 3 is 2.95 bits per heavy atom. The van der Waals surface area contributed by atoms with Gasteiger partial charge in [-0.1, -0.05) is 25.5 Å². The molecule has 0 radical (unpaired) electrons. The molecule has 3 nitrogen and oxygen atoms in total. The molecule has 2 heterocycles. The molecular weight excluding hydrogens is 256 g/mol. The summed E-state index contributed by atoms with van der Waals surface area (Å²) in [5, 5.41) is 5.73. The van der Waals surface area contributed by atoms with Crippen molar-refractivity contribution in [1.82, 2.24) is 10.3 Å². The van der Waals surface area contributed by atoms with Gasteiger partial charge in [-0.15, -0.1) is 11.3 Å². The molecule has 102 valence electrons. The molecule has 0 bridgehead atoms. The van der Waals surface area contributed by atoms with Crippen LogP contribution in [-0.2, 0) is 6.54 Å². The minimum Gasteiger partial charge on any atom is -0.481 e. The smallest absolute Gasteiger partial charge is 0.217 e. The molecule has 1 atom stereocenters. The number of hydrogen-bond acceptors (Lipinski definition) is 4. The average Bonchev–Trinajstić information content (AvgIpc) is 2.97. The Kier molecular flexibility index (Phi) is 5.36. The molecule has 0 spiro atoms. The van der Waals surface area contributed by atoms with Gasteiger partial charge >= 0.3 is 0 Å². The van der Waals surface area contributed by atoms with E-state index in [0.29, 0.717) is 11.9 Å². The second kappa shape index (κ2) is 7.26. The van der Waals surface area contributed by atoms with Crippen LogP contribution in [0.3, 0.4) is 0 Å². The van der Waals surface area contributed by atoms with E-state index in [4.69, 9.17) is 4.74 Å². The molecule has 0 aliphatic heterocycles. The first kappa shape index (κ1) is 14.0. The SMILES string of the molecule is CCCC(NCc1cccnc1OC)c1cccs1. The van der Waals surface area contributed by atoms with Gasteiger partial charge in [-0.3, -0.25) is 0 Å². The van der Waals surface area contributed by atoms with E-state index in [-0.39, 0.29) is 0 Å². The maximum atomic E-state index is 5.28. The van der Waals surface area contributed by atoms with Gasteiger partial charge in [0.2, 0.25) is 5.88 Å². The number of rotatable bonds is 7. The van der Waals surface area contributed by atoms with Gasteiger partial charge in [0.1, 0.15) is 0 Å². The molecular formula is C15H20N2OS. The zero-order chi connectivity index (χ0) is 13.5. The van der Waals surface area contributed by atoms with Crippen LogP contribution in [0.1, 0.15) is 36.2 Å². The summed E-state index contributed by atoms with van der Waals surface area (Å²) in [6.07, 6.45) is 4.06. The van der Waals surface area contributed by atoms with Crippen molar-refractivity contribution in [2.24, 2.45) is 0 Å². The van der Waals surface area contributed by atoms with Crippen molar-refractivity contribution in [3.05, 3.63) is 46.3 Å². The first-order chi connectivity index (χ1) is 9.35. The summed E-state index contributed by atoms with van der Waals surface area (Å²) in [6.45, 7) is 2.99. The third kappa shape index (κ3) is 3.78. The lowest BCUT2D eigenvalue weighted by Gasteiger charge is -2.17. The number of pyridine rings is 1. The number of ether oxygens (including phenoxy) is 1. The van der Waals surface area contributed by atoms with Gasteiger partial charge < -0.3 is 10.1 Å². The second-order valence-electron chi connectivity index (χ2n) is 4.41. The number of nitrogens with zero attached hydrogens (tertiary/aromatic N) is 1. The first-order valence-corrected chi connectivity index (χ1v) is 7.47. The highest BCUT2D eigenvalue weighted by molar-refractivity contribution is 7.10. The minimum absolute atomic E-state index is 0.412. The standard InChI is InChI=1S/C15H20N2OS/c1-3-6-13(14-8-5-10-19-14)17-11-12-7-4-9-16-15(12)18-2/h4-5,7-10,13,17H,3,6,11H2,1-2H3. The molecule has 0 amide bonds. The molecule has 1 unspecified atom stereocenters. The van der Waals surface area contributed by atoms with E-state index in [1.165, 1.54) is 11.3 Å². The number of aromatic nitrogens is 1. The molecule has 2 aromatic heterocycles. The van der Waals surface area contributed by atoms with E-state index in [9.17, 15) is 0 Å². The van der Waals surface area contributed by atoms with Crippen LogP contribution in [0.5, 0.6) is 5.88 Å². The second-order valence-corrected chi connectivity index (χ2v) is 5.39. The van der Waals surface area contributed by atoms with Crippen LogP contribution < -0.4 is 10.1 Å². The molecule has 19 heavy (non-hydrogen) atoms. The van der Waals surface area contributed by atoms with Gasteiger partial charge in [0, 0.05) is 29.2 Å². The van der Waals surface area contributed by atoms with Crippen molar-refractivity contribution in [3.63, 3.8) is 0 Å². The quantitative estimate of drug-likeness (QED) is 0.835. The number of methoxy groups -OCH3 is 1. The Balaban J connectivity index is 2.02. The Bertz CT molecular complexity index is 485. The van der Waals surface area contributed by atoms with Gasteiger partial charge in [0.15, 0.2) is 0 Å². The third-order valence-electron chi connectivity index (χ3n) is 3.05. The van der Waals surface area contributed by atoms with E-state index in [1.807, 2.05) is 6.07 Å². The molecule has 1 N–H and O–H groups in total. The Morgan fingerprint density at radius 1 is 1.37 bits per heavy atom. The summed E-state index contributed by atoms with van der Waals surface area (Å²) in [7, 11) is 1.66. The highest BCUT2D eigenvalue weighted by Gasteiger charge is 2.12. The molecule has 2 rings (SSSR count). The van der Waals surface area contributed by atoms with Gasteiger partial charge in [0.05, 0.1) is 7.11 Å². The van der Waals surface area contributed by atoms with E-state index >= 15 is 0 Å². The molecule has 0 fully saturated rings. The van der Waals surface area contributed by atoms with Gasteiger partial charge in [-0.25, -0.2) is 4.98 Å². The topological polar surface area (TPSA) is 34.2 Å². The van der Waals surface area contributed by atoms with E-state index in [2.05, 4.69) is 40.8 Å². The van der Waals surface area contributed by atoms with Crippen LogP contribution in [0.2, 0.25) is 0 Å². The van der Waals surface area contributed by atoms with Gasteiger partial charge in [-0.05, 0) is 23.9 Å². The molecule has 0 aliphatic carbocycles. The monoisotopic (exact) mass is 276 g/mol. The predicted octanol–water partition coefficient (Wildman–Crippen LogP) is 3.78. The maximum absolute atomic E-state index is 5.28. The van der Waals surface area contributed by atoms with Crippen LogP contribution in [0.25, 0.3) is 0 Å². The molecule has 0 saturated carbocycles.